The molecule has 9 heteroatoms. The maximum Gasteiger partial charge on any atom is 0.329 e. The van der Waals surface area contributed by atoms with Gasteiger partial charge in [-0.25, -0.2) is 9.78 Å². The summed E-state index contributed by atoms with van der Waals surface area (Å²) >= 11 is 0.968. The van der Waals surface area contributed by atoms with Gasteiger partial charge in [-0.3, -0.25) is 9.59 Å². The van der Waals surface area contributed by atoms with Crippen LogP contribution in [0.5, 0.6) is 0 Å². The molecular weight excluding hydrogens is 310 g/mol. The van der Waals surface area contributed by atoms with Gasteiger partial charge in [0.2, 0.25) is 0 Å². The van der Waals surface area contributed by atoms with E-state index in [-0.39, 0.29) is 30.8 Å². The number of nitrogen functional groups attached to an aromatic ring is 1. The minimum absolute atomic E-state index is 0.0914. The molecule has 1 atom stereocenters. The quantitative estimate of drug-likeness (QED) is 0.654. The topological polar surface area (TPSA) is 134 Å². The van der Waals surface area contributed by atoms with E-state index in [4.69, 9.17) is 10.8 Å². The number of carboxylic acids is 2. The van der Waals surface area contributed by atoms with Crippen molar-refractivity contribution in [3.63, 3.8) is 0 Å². The number of amides is 1. The van der Waals surface area contributed by atoms with Crippen molar-refractivity contribution in [1.82, 2.24) is 9.88 Å². The van der Waals surface area contributed by atoms with Gasteiger partial charge in [0, 0.05) is 13.0 Å². The zero-order valence-electron chi connectivity index (χ0n) is 12.4. The first-order valence-corrected chi connectivity index (χ1v) is 7.58. The number of hydrogen-bond donors (Lipinski definition) is 3. The smallest absolute Gasteiger partial charge is 0.329 e. The Morgan fingerprint density at radius 1 is 1.36 bits per heavy atom. The Balaban J connectivity index is 3.20. The molecule has 1 rings (SSSR count). The third-order valence-electron chi connectivity index (χ3n) is 3.52. The molecule has 0 aliphatic heterocycles. The number of likely N-dealkylation sites (N-methyl/N-ethyl adjacent to an activating group) is 1. The predicted octanol–water partition coefficient (Wildman–Crippen LogP) is 1.29. The SMILES string of the molecule is CCN(C(=O)c1ncc(N)s1)[C@@](CC)(CCC(=O)O)C(=O)O. The first-order chi connectivity index (χ1) is 10.3. The molecule has 1 heterocycles. The van der Waals surface area contributed by atoms with E-state index in [1.54, 1.807) is 13.8 Å². The van der Waals surface area contributed by atoms with Crippen molar-refractivity contribution in [3.8, 4) is 0 Å². The lowest BCUT2D eigenvalue weighted by molar-refractivity contribution is -0.151. The van der Waals surface area contributed by atoms with Gasteiger partial charge in [-0.2, -0.15) is 0 Å². The molecule has 4 N–H and O–H groups in total. The van der Waals surface area contributed by atoms with Crippen LogP contribution in [0, 0.1) is 0 Å². The molecule has 0 saturated heterocycles. The second-order valence-corrected chi connectivity index (χ2v) is 5.76. The van der Waals surface area contributed by atoms with Crippen molar-refractivity contribution < 1.29 is 24.6 Å². The molecular formula is C13H19N3O5S. The number of thiazole rings is 1. The van der Waals surface area contributed by atoms with Gasteiger partial charge in [-0.15, -0.1) is 0 Å². The third kappa shape index (κ3) is 3.53. The van der Waals surface area contributed by atoms with Gasteiger partial charge in [0.1, 0.15) is 10.5 Å². The fourth-order valence-electron chi connectivity index (χ4n) is 2.33. The summed E-state index contributed by atoms with van der Waals surface area (Å²) in [5.41, 5.74) is 3.97. The van der Waals surface area contributed by atoms with Crippen LogP contribution in [0.4, 0.5) is 5.00 Å². The monoisotopic (exact) mass is 329 g/mol. The minimum atomic E-state index is -1.58. The number of hydrogen-bond acceptors (Lipinski definition) is 6. The maximum absolute atomic E-state index is 12.6. The summed E-state index contributed by atoms with van der Waals surface area (Å²) < 4.78 is 0. The molecule has 8 nitrogen and oxygen atoms in total. The van der Waals surface area contributed by atoms with Gasteiger partial charge in [-0.05, 0) is 19.8 Å². The number of aliphatic carboxylic acids is 2. The Hall–Kier alpha value is -2.16. The molecule has 1 amide bonds. The second-order valence-electron chi connectivity index (χ2n) is 4.70. The summed E-state index contributed by atoms with van der Waals surface area (Å²) in [5.74, 6) is -2.89. The average molecular weight is 329 g/mol. The predicted molar refractivity (Wildman–Crippen MR) is 80.8 cm³/mol. The van der Waals surface area contributed by atoms with E-state index >= 15 is 0 Å². The van der Waals surface area contributed by atoms with Crippen LogP contribution in [-0.2, 0) is 9.59 Å². The van der Waals surface area contributed by atoms with Crippen LogP contribution in [0.2, 0.25) is 0 Å². The van der Waals surface area contributed by atoms with E-state index in [0.29, 0.717) is 5.00 Å². The zero-order chi connectivity index (χ0) is 16.9. The maximum atomic E-state index is 12.6. The van der Waals surface area contributed by atoms with E-state index in [2.05, 4.69) is 4.98 Å². The normalized spacial score (nSPS) is 13.4. The highest BCUT2D eigenvalue weighted by Gasteiger charge is 2.45. The summed E-state index contributed by atoms with van der Waals surface area (Å²) in [6.07, 6.45) is 0.909. The van der Waals surface area contributed by atoms with E-state index in [0.717, 1.165) is 16.2 Å². The van der Waals surface area contributed by atoms with Gasteiger partial charge in [0.15, 0.2) is 5.01 Å². The van der Waals surface area contributed by atoms with Crippen molar-refractivity contribution >= 4 is 34.2 Å². The van der Waals surface area contributed by atoms with Crippen LogP contribution in [-0.4, -0.2) is 50.0 Å². The number of aromatic nitrogens is 1. The average Bonchev–Trinajstić information content (AvgIpc) is 2.89. The first-order valence-electron chi connectivity index (χ1n) is 6.77. The molecule has 0 aromatic carbocycles. The highest BCUT2D eigenvalue weighted by atomic mass is 32.1. The highest BCUT2D eigenvalue weighted by molar-refractivity contribution is 7.17. The highest BCUT2D eigenvalue weighted by Crippen LogP contribution is 2.29. The summed E-state index contributed by atoms with van der Waals surface area (Å²) in [5, 5.41) is 18.9. The molecule has 0 unspecified atom stereocenters. The van der Waals surface area contributed by atoms with Gasteiger partial charge in [0.25, 0.3) is 5.91 Å². The third-order valence-corrected chi connectivity index (χ3v) is 4.33. The fraction of sp³-hybridized carbons (Fsp3) is 0.538. The standard InChI is InChI=1S/C13H19N3O5S/c1-3-13(12(20)21,6-5-9(17)18)16(4-2)11(19)10-15-7-8(14)22-10/h7H,3-6,14H2,1-2H3,(H,17,18)(H,20,21)/t13-/m0/s1. The summed E-state index contributed by atoms with van der Waals surface area (Å²) in [6, 6.07) is 0. The van der Waals surface area contributed by atoms with E-state index in [1.165, 1.54) is 6.20 Å². The molecule has 0 radical (unpaired) electrons. The first kappa shape index (κ1) is 17.9. The Morgan fingerprint density at radius 3 is 2.36 bits per heavy atom. The van der Waals surface area contributed by atoms with Crippen molar-refractivity contribution in [2.45, 2.75) is 38.6 Å². The number of carboxylic acid groups (broad SMARTS) is 2. The molecule has 0 aliphatic carbocycles. The molecule has 0 bridgehead atoms. The van der Waals surface area contributed by atoms with Crippen molar-refractivity contribution in [3.05, 3.63) is 11.2 Å². The molecule has 0 fully saturated rings. The molecule has 1 aromatic heterocycles. The number of rotatable bonds is 8. The Bertz CT molecular complexity index is 574. The minimum Gasteiger partial charge on any atom is -0.481 e. The van der Waals surface area contributed by atoms with Gasteiger partial charge in [0.05, 0.1) is 6.20 Å². The van der Waals surface area contributed by atoms with Gasteiger partial charge < -0.3 is 20.8 Å². The van der Waals surface area contributed by atoms with E-state index in [1.807, 2.05) is 0 Å². The molecule has 22 heavy (non-hydrogen) atoms. The number of nitrogens with zero attached hydrogens (tertiary/aromatic N) is 2. The fourth-order valence-corrected chi connectivity index (χ4v) is 2.96. The molecule has 122 valence electrons. The molecule has 1 aromatic rings. The number of carbonyl (C=O) groups excluding carboxylic acids is 1. The summed E-state index contributed by atoms with van der Waals surface area (Å²) in [7, 11) is 0. The number of anilines is 1. The lowest BCUT2D eigenvalue weighted by atomic mass is 9.88. The van der Waals surface area contributed by atoms with Crippen LogP contribution in [0.1, 0.15) is 42.9 Å². The Kier molecular flexibility index (Phi) is 5.86. The zero-order valence-corrected chi connectivity index (χ0v) is 13.2. The molecule has 0 spiro atoms. The van der Waals surface area contributed by atoms with Crippen LogP contribution in [0.25, 0.3) is 0 Å². The summed E-state index contributed by atoms with van der Waals surface area (Å²) in [4.78, 5) is 40.2. The Labute approximate surface area is 131 Å². The van der Waals surface area contributed by atoms with Gasteiger partial charge >= 0.3 is 11.9 Å². The number of carbonyl (C=O) groups is 3. The molecule has 0 aliphatic rings. The van der Waals surface area contributed by atoms with Gasteiger partial charge in [-0.1, -0.05) is 18.3 Å². The van der Waals surface area contributed by atoms with Crippen molar-refractivity contribution in [2.75, 3.05) is 12.3 Å². The van der Waals surface area contributed by atoms with Crippen LogP contribution in [0.3, 0.4) is 0 Å². The van der Waals surface area contributed by atoms with Crippen LogP contribution < -0.4 is 5.73 Å². The van der Waals surface area contributed by atoms with Crippen LogP contribution >= 0.6 is 11.3 Å². The summed E-state index contributed by atoms with van der Waals surface area (Å²) in [6.45, 7) is 3.38. The van der Waals surface area contributed by atoms with Crippen LogP contribution in [0.15, 0.2) is 6.20 Å². The number of nitrogens with two attached hydrogens (primary N) is 1. The van der Waals surface area contributed by atoms with Crippen molar-refractivity contribution in [2.24, 2.45) is 0 Å². The largest absolute Gasteiger partial charge is 0.481 e. The van der Waals surface area contributed by atoms with E-state index in [9.17, 15) is 19.5 Å². The lowest BCUT2D eigenvalue weighted by Gasteiger charge is -2.39. The van der Waals surface area contributed by atoms with E-state index < -0.39 is 23.4 Å². The molecule has 0 saturated carbocycles. The second kappa shape index (κ2) is 7.21. The van der Waals surface area contributed by atoms with Crippen molar-refractivity contribution in [1.29, 1.82) is 0 Å². The Morgan fingerprint density at radius 2 is 2.00 bits per heavy atom. The lowest BCUT2D eigenvalue weighted by Crippen LogP contribution is -2.57.